The highest BCUT2D eigenvalue weighted by molar-refractivity contribution is 6.33. The minimum Gasteiger partial charge on any atom is -0.321 e. The number of para-hydroxylation sites is 2. The molecule has 0 bridgehead atoms. The summed E-state index contributed by atoms with van der Waals surface area (Å²) in [5.74, 6) is -0.702. The van der Waals surface area contributed by atoms with Crippen LogP contribution in [-0.2, 0) is 0 Å². The Morgan fingerprint density at radius 1 is 0.941 bits per heavy atom. The highest BCUT2D eigenvalue weighted by atomic mass is 35.5. The molecule has 174 valence electrons. The molecule has 0 aliphatic heterocycles. The maximum atomic E-state index is 13.0. The second kappa shape index (κ2) is 10.4. The Kier molecular flexibility index (Phi) is 7.63. The van der Waals surface area contributed by atoms with Gasteiger partial charge in [-0.3, -0.25) is 14.6 Å². The summed E-state index contributed by atoms with van der Waals surface area (Å²) >= 11 is 6.10. The molecular weight excluding hydrogens is 467 g/mol. The lowest BCUT2D eigenvalue weighted by molar-refractivity contribution is -0.0605. The lowest BCUT2D eigenvalue weighted by atomic mass is 10.0. The number of nitrogens with zero attached hydrogens (tertiary/aromatic N) is 1. The summed E-state index contributed by atoms with van der Waals surface area (Å²) in [6.07, 6.45) is -5.57. The van der Waals surface area contributed by atoms with Crippen LogP contribution in [0.5, 0.6) is 0 Å². The largest absolute Gasteiger partial charge is 0.429 e. The number of anilines is 1. The lowest BCUT2D eigenvalue weighted by Gasteiger charge is -2.13. The van der Waals surface area contributed by atoms with Gasteiger partial charge >= 0.3 is 6.18 Å². The van der Waals surface area contributed by atoms with Crippen molar-refractivity contribution in [3.05, 3.63) is 94.5 Å². The third-order valence-corrected chi connectivity index (χ3v) is 5.15. The van der Waals surface area contributed by atoms with Crippen molar-refractivity contribution in [1.82, 2.24) is 0 Å². The number of hydrogen-bond donors (Lipinski definition) is 2. The maximum absolute atomic E-state index is 13.0. The van der Waals surface area contributed by atoms with Gasteiger partial charge in [-0.15, -0.1) is 0 Å². The van der Waals surface area contributed by atoms with Gasteiger partial charge in [-0.05, 0) is 48.9 Å². The first-order valence-electron chi connectivity index (χ1n) is 10.0. The summed E-state index contributed by atoms with van der Waals surface area (Å²) in [5.41, 5.74) is 0.0118. The Balaban J connectivity index is 1.90. The maximum Gasteiger partial charge on any atom is 0.429 e. The summed E-state index contributed by atoms with van der Waals surface area (Å²) in [4.78, 5) is 28.7. The van der Waals surface area contributed by atoms with Crippen LogP contribution in [0.2, 0.25) is 5.02 Å². The van der Waals surface area contributed by atoms with Crippen molar-refractivity contribution >= 4 is 46.1 Å². The Hall–Kier alpha value is -3.78. The number of amides is 1. The number of halogens is 4. The number of alkyl halides is 3. The van der Waals surface area contributed by atoms with Crippen molar-refractivity contribution in [2.75, 3.05) is 5.32 Å². The quantitative estimate of drug-likeness (QED) is 0.282. The highest BCUT2D eigenvalue weighted by Gasteiger charge is 2.35. The van der Waals surface area contributed by atoms with E-state index in [1.807, 2.05) is 0 Å². The van der Waals surface area contributed by atoms with Crippen LogP contribution >= 0.6 is 11.6 Å². The summed E-state index contributed by atoms with van der Waals surface area (Å²) in [6.45, 7) is 1.39. The average molecular weight is 486 g/mol. The summed E-state index contributed by atoms with van der Waals surface area (Å²) < 4.78 is 39.1. The Labute approximate surface area is 198 Å². The van der Waals surface area contributed by atoms with E-state index < -0.39 is 24.2 Å². The van der Waals surface area contributed by atoms with Crippen molar-refractivity contribution in [2.45, 2.75) is 19.5 Å². The van der Waals surface area contributed by atoms with Gasteiger partial charge in [0.1, 0.15) is 5.71 Å². The van der Waals surface area contributed by atoms with Crippen molar-refractivity contribution in [3.8, 4) is 0 Å². The third-order valence-electron chi connectivity index (χ3n) is 4.83. The van der Waals surface area contributed by atoms with Crippen molar-refractivity contribution < 1.29 is 22.8 Å². The second-order valence-corrected chi connectivity index (χ2v) is 7.70. The zero-order valence-electron chi connectivity index (χ0n) is 17.9. The van der Waals surface area contributed by atoms with E-state index in [1.165, 1.54) is 31.2 Å². The number of nitrogens with one attached hydrogen (secondary N) is 2. The van der Waals surface area contributed by atoms with Crippen LogP contribution in [0.15, 0.2) is 77.8 Å². The highest BCUT2D eigenvalue weighted by Crippen LogP contribution is 2.27. The number of hydrogen-bond acceptors (Lipinski definition) is 4. The van der Waals surface area contributed by atoms with Crippen LogP contribution in [0.3, 0.4) is 0 Å². The van der Waals surface area contributed by atoms with Gasteiger partial charge in [0, 0.05) is 17.5 Å². The number of rotatable bonds is 7. The molecule has 3 rings (SSSR count). The molecule has 0 saturated carbocycles. The normalized spacial score (nSPS) is 11.7. The molecule has 9 heteroatoms. The van der Waals surface area contributed by atoms with Gasteiger partial charge in [0.2, 0.25) is 0 Å². The number of Topliss-reactive ketones (excluding diaryl/α,β-unsaturated/α-hetero) is 1. The van der Waals surface area contributed by atoms with E-state index in [4.69, 9.17) is 17.0 Å². The smallest absolute Gasteiger partial charge is 0.321 e. The number of carbonyl (C=O) groups is 2. The van der Waals surface area contributed by atoms with Crippen LogP contribution in [0, 0.1) is 5.41 Å². The van der Waals surface area contributed by atoms with Crippen molar-refractivity contribution in [3.63, 3.8) is 0 Å². The topological polar surface area (TPSA) is 82.4 Å². The van der Waals surface area contributed by atoms with Gasteiger partial charge in [0.25, 0.3) is 5.91 Å². The summed E-state index contributed by atoms with van der Waals surface area (Å²) in [5, 5.41) is 10.3. The van der Waals surface area contributed by atoms with E-state index in [9.17, 15) is 22.8 Å². The van der Waals surface area contributed by atoms with Crippen molar-refractivity contribution in [1.29, 1.82) is 5.41 Å². The Morgan fingerprint density at radius 3 is 2.15 bits per heavy atom. The zero-order valence-corrected chi connectivity index (χ0v) is 18.7. The van der Waals surface area contributed by atoms with E-state index in [0.29, 0.717) is 16.8 Å². The second-order valence-electron chi connectivity index (χ2n) is 7.30. The molecule has 0 spiro atoms. The predicted octanol–water partition coefficient (Wildman–Crippen LogP) is 6.89. The van der Waals surface area contributed by atoms with E-state index in [0.717, 1.165) is 0 Å². The molecule has 0 radical (unpaired) electrons. The fourth-order valence-electron chi connectivity index (χ4n) is 3.07. The van der Waals surface area contributed by atoms with Crippen molar-refractivity contribution in [2.24, 2.45) is 4.99 Å². The molecule has 0 fully saturated rings. The molecule has 2 N–H and O–H groups in total. The molecule has 0 unspecified atom stereocenters. The van der Waals surface area contributed by atoms with E-state index in [-0.39, 0.29) is 27.8 Å². The van der Waals surface area contributed by atoms with Gasteiger partial charge in [0.15, 0.2) is 5.78 Å². The fraction of sp³-hybridized carbons (Fsp3) is 0.120. The average Bonchev–Trinajstić information content (AvgIpc) is 2.79. The molecule has 0 aromatic heterocycles. The van der Waals surface area contributed by atoms with Gasteiger partial charge in [0.05, 0.1) is 22.1 Å². The van der Waals surface area contributed by atoms with Gasteiger partial charge in [-0.1, -0.05) is 48.0 Å². The molecule has 3 aromatic rings. The SMILES string of the molecule is CC(=O)c1ccccc1NC(=O)c1ccc(C(CC(=N)C(F)(F)F)=Nc2ccccc2Cl)cc1. The standard InChI is InChI=1S/C25H19ClF3N3O2/c1-15(33)18-6-2-4-8-20(18)32-24(34)17-12-10-16(11-13-17)22(14-23(30)25(27,28)29)31-21-9-5-3-7-19(21)26/h2-13,30H,14H2,1H3,(H,32,34). The first kappa shape index (κ1) is 24.9. The molecular formula is C25H19ClF3N3O2. The number of benzene rings is 3. The molecule has 0 aliphatic rings. The number of ketones is 1. The van der Waals surface area contributed by atoms with Crippen LogP contribution in [-0.4, -0.2) is 29.3 Å². The zero-order chi connectivity index (χ0) is 24.9. The van der Waals surface area contributed by atoms with Gasteiger partial charge < -0.3 is 10.7 Å². The number of aliphatic imine (C=N–C) groups is 1. The molecule has 3 aromatic carbocycles. The third kappa shape index (κ3) is 6.17. The molecule has 0 saturated heterocycles. The molecule has 34 heavy (non-hydrogen) atoms. The van der Waals surface area contributed by atoms with Crippen LogP contribution in [0.25, 0.3) is 0 Å². The summed E-state index contributed by atoms with van der Waals surface area (Å²) in [6, 6.07) is 18.7. The van der Waals surface area contributed by atoms with Crippen LogP contribution < -0.4 is 5.32 Å². The molecule has 5 nitrogen and oxygen atoms in total. The predicted molar refractivity (Wildman–Crippen MR) is 127 cm³/mol. The lowest BCUT2D eigenvalue weighted by Crippen LogP contribution is -2.25. The molecule has 0 aliphatic carbocycles. The van der Waals surface area contributed by atoms with Gasteiger partial charge in [-0.2, -0.15) is 13.2 Å². The first-order valence-corrected chi connectivity index (χ1v) is 10.4. The minimum atomic E-state index is -4.80. The summed E-state index contributed by atoms with van der Waals surface area (Å²) in [7, 11) is 0. The Bertz CT molecular complexity index is 1270. The van der Waals surface area contributed by atoms with Gasteiger partial charge in [-0.25, -0.2) is 0 Å². The van der Waals surface area contributed by atoms with E-state index >= 15 is 0 Å². The number of carbonyl (C=O) groups excluding carboxylic acids is 2. The van der Waals surface area contributed by atoms with Crippen LogP contribution in [0.4, 0.5) is 24.5 Å². The van der Waals surface area contributed by atoms with E-state index in [2.05, 4.69) is 10.3 Å². The van der Waals surface area contributed by atoms with E-state index in [1.54, 1.807) is 48.5 Å². The first-order chi connectivity index (χ1) is 16.1. The fourth-order valence-corrected chi connectivity index (χ4v) is 3.25. The Morgan fingerprint density at radius 2 is 1.53 bits per heavy atom. The monoisotopic (exact) mass is 485 g/mol. The van der Waals surface area contributed by atoms with Crippen LogP contribution in [0.1, 0.15) is 39.6 Å². The molecule has 1 amide bonds. The minimum absolute atomic E-state index is 0.0238. The molecule has 0 heterocycles. The molecule has 0 atom stereocenters.